The molecule has 0 amide bonds. The molecule has 4 aromatic rings. The van der Waals surface area contributed by atoms with Gasteiger partial charge in [0.25, 0.3) is 10.0 Å². The lowest BCUT2D eigenvalue weighted by atomic mass is 10.3. The van der Waals surface area contributed by atoms with E-state index in [1.165, 1.54) is 12.1 Å². The molecule has 0 bridgehead atoms. The topological polar surface area (TPSA) is 102 Å². The number of aryl methyl sites for hydroxylation is 1. The summed E-state index contributed by atoms with van der Waals surface area (Å²) in [7, 11) is -4.29. The first-order valence-corrected chi connectivity index (χ1v) is 10.5. The van der Waals surface area contributed by atoms with Crippen LogP contribution in [0.4, 0.5) is 26.0 Å². The van der Waals surface area contributed by atoms with Crippen molar-refractivity contribution < 1.29 is 17.2 Å². The fraction of sp³-hybridized carbons (Fsp3) is 0.0500. The summed E-state index contributed by atoms with van der Waals surface area (Å²) in [5.41, 5.74) is 0.815. The molecule has 0 spiro atoms. The number of rotatable bonds is 6. The predicted molar refractivity (Wildman–Crippen MR) is 111 cm³/mol. The van der Waals surface area contributed by atoms with Gasteiger partial charge in [-0.15, -0.1) is 0 Å². The molecule has 2 N–H and O–H groups in total. The van der Waals surface area contributed by atoms with Crippen LogP contribution in [0.15, 0.2) is 71.9 Å². The molecule has 0 atom stereocenters. The molecule has 2 aromatic heterocycles. The molecule has 0 aliphatic heterocycles. The Morgan fingerprint density at radius 2 is 1.71 bits per heavy atom. The number of aromatic nitrogens is 4. The Morgan fingerprint density at radius 3 is 2.42 bits per heavy atom. The van der Waals surface area contributed by atoms with Gasteiger partial charge >= 0.3 is 0 Å². The summed E-state index contributed by atoms with van der Waals surface area (Å²) in [6.07, 6.45) is 3.40. The minimum atomic E-state index is -4.29. The molecule has 31 heavy (non-hydrogen) atoms. The summed E-state index contributed by atoms with van der Waals surface area (Å²) in [6.45, 7) is 1.75. The van der Waals surface area contributed by atoms with Crippen molar-refractivity contribution in [3.63, 3.8) is 0 Å². The molecule has 0 unspecified atom stereocenters. The highest BCUT2D eigenvalue weighted by Gasteiger charge is 2.20. The van der Waals surface area contributed by atoms with Crippen molar-refractivity contribution in [3.8, 4) is 5.82 Å². The SMILES string of the molecule is Cc1nc(Nc2ccc(NS(=O)(=O)c3cc(F)ccc3F)cc2)cc(-n2cccn2)n1. The van der Waals surface area contributed by atoms with Gasteiger partial charge in [-0.2, -0.15) is 5.10 Å². The molecule has 8 nitrogen and oxygen atoms in total. The monoisotopic (exact) mass is 442 g/mol. The van der Waals surface area contributed by atoms with Gasteiger partial charge in [-0.3, -0.25) is 4.72 Å². The van der Waals surface area contributed by atoms with Crippen molar-refractivity contribution in [2.24, 2.45) is 0 Å². The largest absolute Gasteiger partial charge is 0.340 e. The van der Waals surface area contributed by atoms with Crippen LogP contribution in [0.25, 0.3) is 5.82 Å². The second-order valence-electron chi connectivity index (χ2n) is 6.49. The van der Waals surface area contributed by atoms with Crippen LogP contribution in [0.1, 0.15) is 5.82 Å². The van der Waals surface area contributed by atoms with Gasteiger partial charge in [-0.05, 0) is 55.5 Å². The smallest absolute Gasteiger partial charge is 0.264 e. The van der Waals surface area contributed by atoms with Crippen molar-refractivity contribution in [2.75, 3.05) is 10.0 Å². The molecule has 0 radical (unpaired) electrons. The number of halogens is 2. The van der Waals surface area contributed by atoms with Crippen LogP contribution in [-0.4, -0.2) is 28.2 Å². The first-order chi connectivity index (χ1) is 14.8. The molecular formula is C20H16F2N6O2S. The normalized spacial score (nSPS) is 11.3. The number of hydrogen-bond acceptors (Lipinski definition) is 6. The standard InChI is InChI=1S/C20H16F2N6O2S/c1-13-24-19(12-20(25-13)28-10-2-9-23-28)26-15-4-6-16(7-5-15)27-31(29,30)18-11-14(21)3-8-17(18)22/h2-12,27H,1H3,(H,24,25,26). The number of hydrogen-bond donors (Lipinski definition) is 2. The number of sulfonamides is 1. The Kier molecular flexibility index (Phi) is 5.34. The second-order valence-corrected chi connectivity index (χ2v) is 8.14. The van der Waals surface area contributed by atoms with Crippen LogP contribution in [0.5, 0.6) is 0 Å². The molecule has 0 fully saturated rings. The fourth-order valence-electron chi connectivity index (χ4n) is 2.80. The van der Waals surface area contributed by atoms with Crippen LogP contribution in [0, 0.1) is 18.6 Å². The van der Waals surface area contributed by atoms with Gasteiger partial charge in [0.2, 0.25) is 0 Å². The van der Waals surface area contributed by atoms with E-state index in [9.17, 15) is 17.2 Å². The van der Waals surface area contributed by atoms with E-state index in [0.29, 0.717) is 29.2 Å². The van der Waals surface area contributed by atoms with Crippen LogP contribution >= 0.6 is 0 Å². The van der Waals surface area contributed by atoms with E-state index in [2.05, 4.69) is 25.1 Å². The Hall–Kier alpha value is -3.86. The van der Waals surface area contributed by atoms with Crippen LogP contribution < -0.4 is 10.0 Å². The van der Waals surface area contributed by atoms with E-state index >= 15 is 0 Å². The average Bonchev–Trinajstić information content (AvgIpc) is 3.26. The average molecular weight is 442 g/mol. The number of nitrogens with one attached hydrogen (secondary N) is 2. The molecule has 11 heteroatoms. The van der Waals surface area contributed by atoms with Gasteiger partial charge in [-0.25, -0.2) is 31.8 Å². The molecule has 2 aromatic carbocycles. The zero-order valence-corrected chi connectivity index (χ0v) is 16.9. The van der Waals surface area contributed by atoms with Crippen molar-refractivity contribution in [2.45, 2.75) is 11.8 Å². The van der Waals surface area contributed by atoms with E-state index in [1.54, 1.807) is 48.3 Å². The first kappa shape index (κ1) is 20.4. The van der Waals surface area contributed by atoms with Crippen LogP contribution in [-0.2, 0) is 10.0 Å². The Morgan fingerprint density at radius 1 is 0.968 bits per heavy atom. The molecule has 158 valence electrons. The summed E-state index contributed by atoms with van der Waals surface area (Å²) in [4.78, 5) is 7.89. The zero-order valence-electron chi connectivity index (χ0n) is 16.1. The fourth-order valence-corrected chi connectivity index (χ4v) is 3.95. The van der Waals surface area contributed by atoms with Gasteiger partial charge in [0, 0.05) is 29.8 Å². The van der Waals surface area contributed by atoms with Gasteiger partial charge in [0.05, 0.1) is 0 Å². The number of benzene rings is 2. The number of anilines is 3. The zero-order chi connectivity index (χ0) is 22.0. The number of nitrogens with zero attached hydrogens (tertiary/aromatic N) is 4. The third-order valence-electron chi connectivity index (χ3n) is 4.16. The molecule has 0 saturated carbocycles. The van der Waals surface area contributed by atoms with E-state index in [-0.39, 0.29) is 5.69 Å². The first-order valence-electron chi connectivity index (χ1n) is 9.01. The second kappa shape index (κ2) is 8.11. The molecule has 4 rings (SSSR count). The minimum Gasteiger partial charge on any atom is -0.340 e. The van der Waals surface area contributed by atoms with E-state index in [0.717, 1.165) is 12.1 Å². The lowest BCUT2D eigenvalue weighted by molar-refractivity contribution is 0.555. The third kappa shape index (κ3) is 4.67. The van der Waals surface area contributed by atoms with Crippen molar-refractivity contribution >= 4 is 27.2 Å². The minimum absolute atomic E-state index is 0.185. The summed E-state index contributed by atoms with van der Waals surface area (Å²) >= 11 is 0. The lowest BCUT2D eigenvalue weighted by Crippen LogP contribution is -2.15. The summed E-state index contributed by atoms with van der Waals surface area (Å²) in [5, 5.41) is 7.25. The molecule has 0 aliphatic carbocycles. The van der Waals surface area contributed by atoms with Crippen molar-refractivity contribution in [1.29, 1.82) is 0 Å². The van der Waals surface area contributed by atoms with Gasteiger partial charge in [-0.1, -0.05) is 0 Å². The van der Waals surface area contributed by atoms with E-state index < -0.39 is 26.6 Å². The van der Waals surface area contributed by atoms with E-state index in [4.69, 9.17) is 0 Å². The Balaban J connectivity index is 1.52. The summed E-state index contributed by atoms with van der Waals surface area (Å²) in [5.74, 6) is -0.248. The molecule has 2 heterocycles. The summed E-state index contributed by atoms with van der Waals surface area (Å²) in [6, 6.07) is 11.9. The predicted octanol–water partition coefficient (Wildman–Crippen LogP) is 3.79. The molecule has 0 saturated heterocycles. The van der Waals surface area contributed by atoms with Gasteiger partial charge < -0.3 is 5.32 Å². The quantitative estimate of drug-likeness (QED) is 0.471. The Labute approximate surface area is 176 Å². The lowest BCUT2D eigenvalue weighted by Gasteiger charge is -2.11. The third-order valence-corrected chi connectivity index (χ3v) is 5.55. The summed E-state index contributed by atoms with van der Waals surface area (Å²) < 4.78 is 55.8. The highest BCUT2D eigenvalue weighted by atomic mass is 32.2. The van der Waals surface area contributed by atoms with Crippen molar-refractivity contribution in [1.82, 2.24) is 19.7 Å². The van der Waals surface area contributed by atoms with Crippen LogP contribution in [0.2, 0.25) is 0 Å². The molecule has 0 aliphatic rings. The molecular weight excluding hydrogens is 426 g/mol. The van der Waals surface area contributed by atoms with Gasteiger partial charge in [0.1, 0.15) is 28.2 Å². The maximum Gasteiger partial charge on any atom is 0.264 e. The van der Waals surface area contributed by atoms with Crippen LogP contribution in [0.3, 0.4) is 0 Å². The highest BCUT2D eigenvalue weighted by molar-refractivity contribution is 7.92. The highest BCUT2D eigenvalue weighted by Crippen LogP contribution is 2.23. The van der Waals surface area contributed by atoms with Gasteiger partial charge in [0.15, 0.2) is 5.82 Å². The maximum absolute atomic E-state index is 13.8. The maximum atomic E-state index is 13.8. The van der Waals surface area contributed by atoms with E-state index in [1.807, 2.05) is 0 Å². The Bertz CT molecular complexity index is 1330. The van der Waals surface area contributed by atoms with Crippen molar-refractivity contribution in [3.05, 3.63) is 84.4 Å².